The Labute approximate surface area is 87.3 Å². The fourth-order valence-electron chi connectivity index (χ4n) is 0.837. The number of hydrogen-bond acceptors (Lipinski definition) is 5. The smallest absolute Gasteiger partial charge is 0.148 e. The maximum absolute atomic E-state index is 11.2. The average Bonchev–Trinajstić information content (AvgIpc) is 2.00. The summed E-state index contributed by atoms with van der Waals surface area (Å²) in [7, 11) is -2.64. The molecular weight excluding hydrogens is 226 g/mol. The average molecular weight is 243 g/mol. The van der Waals surface area contributed by atoms with E-state index in [1.54, 1.807) is 7.05 Å². The van der Waals surface area contributed by atoms with E-state index in [2.05, 4.69) is 5.32 Å². The minimum Gasteiger partial charge on any atom is -0.391 e. The van der Waals surface area contributed by atoms with E-state index in [-0.39, 0.29) is 17.3 Å². The van der Waals surface area contributed by atoms with Crippen LogP contribution in [-0.4, -0.2) is 60.9 Å². The summed E-state index contributed by atoms with van der Waals surface area (Å²) in [5.74, 6) is 0.127. The van der Waals surface area contributed by atoms with Crippen LogP contribution in [0, 0.1) is 0 Å². The topological polar surface area (TPSA) is 83.5 Å². The van der Waals surface area contributed by atoms with Crippen LogP contribution in [0.2, 0.25) is 0 Å². The quantitative estimate of drug-likeness (QED) is 0.560. The summed E-state index contributed by atoms with van der Waals surface area (Å²) in [5, 5.41) is 12.0. The van der Waals surface area contributed by atoms with Gasteiger partial charge in [-0.25, -0.2) is 8.42 Å². The third kappa shape index (κ3) is 8.61. The van der Waals surface area contributed by atoms with E-state index in [9.17, 15) is 17.7 Å². The first kappa shape index (κ1) is 14.0. The molecule has 0 heterocycles. The van der Waals surface area contributed by atoms with E-state index >= 15 is 0 Å². The molecule has 86 valence electrons. The highest BCUT2D eigenvalue weighted by Crippen LogP contribution is 1.92. The van der Waals surface area contributed by atoms with E-state index in [0.29, 0.717) is 6.54 Å². The molecule has 2 atom stereocenters. The lowest BCUT2D eigenvalue weighted by molar-refractivity contribution is 0.198. The highest BCUT2D eigenvalue weighted by molar-refractivity contribution is 7.92. The Hall–Kier alpha value is 0.0200. The predicted octanol–water partition coefficient (Wildman–Crippen LogP) is -1.64. The molecule has 0 saturated carbocycles. The lowest BCUT2D eigenvalue weighted by Crippen LogP contribution is -2.30. The maximum Gasteiger partial charge on any atom is 0.148 e. The van der Waals surface area contributed by atoms with Crippen molar-refractivity contribution in [1.29, 1.82) is 0 Å². The molecule has 2 N–H and O–H groups in total. The molecule has 14 heavy (non-hydrogen) atoms. The third-order valence-electron chi connectivity index (χ3n) is 1.50. The van der Waals surface area contributed by atoms with Crippen LogP contribution < -0.4 is 5.32 Å². The second-order valence-corrected chi connectivity index (χ2v) is 7.03. The summed E-state index contributed by atoms with van der Waals surface area (Å²) in [4.78, 5) is 0. The first-order valence-corrected chi connectivity index (χ1v) is 7.75. The maximum atomic E-state index is 11.2. The number of rotatable bonds is 7. The zero-order valence-electron chi connectivity index (χ0n) is 8.39. The number of aliphatic hydroxyl groups is 1. The Morgan fingerprint density at radius 2 is 2.07 bits per heavy atom. The first-order chi connectivity index (χ1) is 6.35. The van der Waals surface area contributed by atoms with Crippen molar-refractivity contribution < 1.29 is 17.7 Å². The largest absolute Gasteiger partial charge is 0.391 e. The van der Waals surface area contributed by atoms with Crippen LogP contribution in [0.3, 0.4) is 0 Å². The molecule has 0 saturated heterocycles. The molecule has 0 spiro atoms. The van der Waals surface area contributed by atoms with Crippen LogP contribution in [0.1, 0.15) is 0 Å². The minimum atomic E-state index is -3.06. The van der Waals surface area contributed by atoms with Crippen LogP contribution in [-0.2, 0) is 20.6 Å². The number of hydrogen-bond donors (Lipinski definition) is 2. The van der Waals surface area contributed by atoms with Crippen molar-refractivity contribution in [3.05, 3.63) is 0 Å². The number of sulfone groups is 1. The molecule has 5 nitrogen and oxygen atoms in total. The van der Waals surface area contributed by atoms with Gasteiger partial charge >= 0.3 is 0 Å². The standard InChI is InChI=1S/C7H17NO4S2/c1-8-5-7(9)6-13(10)3-4-14(2,11)12/h7-9H,3-6H2,1-2H3. The van der Waals surface area contributed by atoms with E-state index in [1.165, 1.54) is 0 Å². The Morgan fingerprint density at radius 3 is 2.50 bits per heavy atom. The normalized spacial score (nSPS) is 16.5. The molecule has 0 rings (SSSR count). The van der Waals surface area contributed by atoms with Crippen molar-refractivity contribution in [2.75, 3.05) is 37.1 Å². The molecule has 0 radical (unpaired) electrons. The molecule has 0 aliphatic rings. The Kier molecular flexibility index (Phi) is 6.50. The van der Waals surface area contributed by atoms with Crippen molar-refractivity contribution >= 4 is 20.6 Å². The third-order valence-corrected chi connectivity index (χ3v) is 4.12. The first-order valence-electron chi connectivity index (χ1n) is 4.20. The van der Waals surface area contributed by atoms with Gasteiger partial charge in [-0.2, -0.15) is 0 Å². The monoisotopic (exact) mass is 243 g/mol. The zero-order chi connectivity index (χ0) is 11.2. The molecule has 2 unspecified atom stereocenters. The van der Waals surface area contributed by atoms with E-state index < -0.39 is 26.7 Å². The summed E-state index contributed by atoms with van der Waals surface area (Å²) in [5.41, 5.74) is 0. The van der Waals surface area contributed by atoms with Crippen LogP contribution >= 0.6 is 0 Å². The molecule has 0 aliphatic heterocycles. The van der Waals surface area contributed by atoms with Crippen molar-refractivity contribution in [3.63, 3.8) is 0 Å². The molecule has 0 amide bonds. The van der Waals surface area contributed by atoms with Crippen molar-refractivity contribution in [2.24, 2.45) is 0 Å². The van der Waals surface area contributed by atoms with Gasteiger partial charge in [0.05, 0.1) is 17.6 Å². The van der Waals surface area contributed by atoms with E-state index in [4.69, 9.17) is 0 Å². The van der Waals surface area contributed by atoms with Crippen LogP contribution in [0.5, 0.6) is 0 Å². The van der Waals surface area contributed by atoms with Crippen LogP contribution in [0.25, 0.3) is 0 Å². The Bertz CT molecular complexity index is 275. The van der Waals surface area contributed by atoms with Gasteiger partial charge in [0.25, 0.3) is 0 Å². The van der Waals surface area contributed by atoms with Gasteiger partial charge < -0.3 is 10.4 Å². The van der Waals surface area contributed by atoms with Crippen molar-refractivity contribution in [3.8, 4) is 0 Å². The van der Waals surface area contributed by atoms with Gasteiger partial charge in [-0.1, -0.05) is 0 Å². The Morgan fingerprint density at radius 1 is 1.50 bits per heavy atom. The number of nitrogens with one attached hydrogen (secondary N) is 1. The second-order valence-electron chi connectivity index (χ2n) is 3.15. The molecular formula is C7H17NO4S2. The molecule has 7 heteroatoms. The van der Waals surface area contributed by atoms with Crippen molar-refractivity contribution in [2.45, 2.75) is 6.10 Å². The SMILES string of the molecule is CNCC(O)CS(=O)CCS(C)(=O)=O. The molecule has 0 aromatic heterocycles. The number of likely N-dealkylation sites (N-methyl/N-ethyl adjacent to an activating group) is 1. The molecule has 0 bridgehead atoms. The molecule has 0 fully saturated rings. The van der Waals surface area contributed by atoms with E-state index in [1.807, 2.05) is 0 Å². The van der Waals surface area contributed by atoms with E-state index in [0.717, 1.165) is 6.26 Å². The fourth-order valence-corrected chi connectivity index (χ4v) is 3.51. The number of aliphatic hydroxyl groups excluding tert-OH is 1. The van der Waals surface area contributed by atoms with Gasteiger partial charge in [0.1, 0.15) is 9.84 Å². The minimum absolute atomic E-state index is 0.0914. The van der Waals surface area contributed by atoms with Gasteiger partial charge in [0.15, 0.2) is 0 Å². The van der Waals surface area contributed by atoms with Gasteiger partial charge in [0.2, 0.25) is 0 Å². The lowest BCUT2D eigenvalue weighted by atomic mass is 10.4. The van der Waals surface area contributed by atoms with Gasteiger partial charge in [0, 0.05) is 29.4 Å². The molecule has 0 aliphatic carbocycles. The summed E-state index contributed by atoms with van der Waals surface area (Å²) in [6.45, 7) is 0.366. The zero-order valence-corrected chi connectivity index (χ0v) is 10.0. The summed E-state index contributed by atoms with van der Waals surface area (Å²) >= 11 is 0. The van der Waals surface area contributed by atoms with Crippen LogP contribution in [0.15, 0.2) is 0 Å². The predicted molar refractivity (Wildman–Crippen MR) is 57.5 cm³/mol. The van der Waals surface area contributed by atoms with Crippen LogP contribution in [0.4, 0.5) is 0 Å². The van der Waals surface area contributed by atoms with Gasteiger partial charge in [-0.05, 0) is 7.05 Å². The highest BCUT2D eigenvalue weighted by Gasteiger charge is 2.11. The summed E-state index contributed by atoms with van der Waals surface area (Å²) in [6.07, 6.45) is 0.425. The van der Waals surface area contributed by atoms with Crippen molar-refractivity contribution in [1.82, 2.24) is 5.32 Å². The Balaban J connectivity index is 3.77. The molecule has 0 aromatic carbocycles. The van der Waals surface area contributed by atoms with Gasteiger partial charge in [-0.15, -0.1) is 0 Å². The fraction of sp³-hybridized carbons (Fsp3) is 1.00. The van der Waals surface area contributed by atoms with Gasteiger partial charge in [-0.3, -0.25) is 4.21 Å². The summed E-state index contributed by atoms with van der Waals surface area (Å²) < 4.78 is 32.7. The highest BCUT2D eigenvalue weighted by atomic mass is 32.2. The molecule has 0 aromatic rings. The summed E-state index contributed by atoms with van der Waals surface area (Å²) in [6, 6.07) is 0. The lowest BCUT2D eigenvalue weighted by Gasteiger charge is -2.08. The second kappa shape index (κ2) is 6.49.